The van der Waals surface area contributed by atoms with Gasteiger partial charge in [-0.15, -0.1) is 11.6 Å². The number of halogens is 3. The van der Waals surface area contributed by atoms with E-state index in [2.05, 4.69) is 15.9 Å². The topological polar surface area (TPSA) is 18.5 Å². The van der Waals surface area contributed by atoms with E-state index in [1.807, 2.05) is 18.2 Å². The van der Waals surface area contributed by atoms with Crippen molar-refractivity contribution in [3.05, 3.63) is 57.8 Å². The molecule has 0 aromatic heterocycles. The van der Waals surface area contributed by atoms with E-state index < -0.39 is 0 Å². The van der Waals surface area contributed by atoms with Gasteiger partial charge in [-0.3, -0.25) is 0 Å². The third-order valence-electron chi connectivity index (χ3n) is 2.76. The molecule has 0 aliphatic heterocycles. The molecule has 0 bridgehead atoms. The molecule has 2 aromatic carbocycles. The Morgan fingerprint density at radius 3 is 2.50 bits per heavy atom. The molecule has 0 fully saturated rings. The normalized spacial score (nSPS) is 10.4. The molecule has 2 nitrogen and oxygen atoms in total. The van der Waals surface area contributed by atoms with Crippen molar-refractivity contribution in [1.29, 1.82) is 0 Å². The third-order valence-corrected chi connectivity index (χ3v) is 3.68. The molecule has 0 saturated carbocycles. The van der Waals surface area contributed by atoms with Crippen LogP contribution in [-0.2, 0) is 12.5 Å². The summed E-state index contributed by atoms with van der Waals surface area (Å²) in [6.45, 7) is 0.329. The van der Waals surface area contributed by atoms with Crippen molar-refractivity contribution in [2.75, 3.05) is 7.11 Å². The predicted molar refractivity (Wildman–Crippen MR) is 81.0 cm³/mol. The monoisotopic (exact) mass is 358 g/mol. The second kappa shape index (κ2) is 6.95. The number of hydrogen-bond donors (Lipinski definition) is 0. The van der Waals surface area contributed by atoms with E-state index >= 15 is 0 Å². The van der Waals surface area contributed by atoms with Crippen LogP contribution >= 0.6 is 27.5 Å². The summed E-state index contributed by atoms with van der Waals surface area (Å²) >= 11 is 8.93. The van der Waals surface area contributed by atoms with Gasteiger partial charge in [-0.1, -0.05) is 12.1 Å². The highest BCUT2D eigenvalue weighted by Crippen LogP contribution is 2.29. The molecule has 0 radical (unpaired) electrons. The van der Waals surface area contributed by atoms with Crippen LogP contribution in [0.3, 0.4) is 0 Å². The van der Waals surface area contributed by atoms with Gasteiger partial charge in [0.05, 0.1) is 11.6 Å². The standard InChI is InChI=1S/C15H13BrClFO2/c1-19-15-7-10(8-17)3-5-14(15)20-9-11-2-4-13(18)12(16)6-11/h2-7H,8-9H2,1H3. The van der Waals surface area contributed by atoms with E-state index in [0.717, 1.165) is 11.1 Å². The minimum Gasteiger partial charge on any atom is -0.493 e. The molecule has 20 heavy (non-hydrogen) atoms. The first-order valence-electron chi connectivity index (χ1n) is 5.93. The second-order valence-electron chi connectivity index (χ2n) is 4.16. The van der Waals surface area contributed by atoms with Crippen LogP contribution in [0.5, 0.6) is 11.5 Å². The Morgan fingerprint density at radius 2 is 1.85 bits per heavy atom. The average molecular weight is 360 g/mol. The molecule has 0 atom stereocenters. The fourth-order valence-electron chi connectivity index (χ4n) is 1.70. The van der Waals surface area contributed by atoms with E-state index in [-0.39, 0.29) is 5.82 Å². The van der Waals surface area contributed by atoms with Crippen molar-refractivity contribution in [2.45, 2.75) is 12.5 Å². The quantitative estimate of drug-likeness (QED) is 0.706. The number of ether oxygens (including phenoxy) is 2. The summed E-state index contributed by atoms with van der Waals surface area (Å²) in [6, 6.07) is 10.3. The third kappa shape index (κ3) is 3.64. The van der Waals surface area contributed by atoms with Crippen molar-refractivity contribution in [3.63, 3.8) is 0 Å². The zero-order valence-corrected chi connectivity index (χ0v) is 13.2. The Morgan fingerprint density at radius 1 is 1.10 bits per heavy atom. The molecular weight excluding hydrogens is 347 g/mol. The van der Waals surface area contributed by atoms with Crippen molar-refractivity contribution in [2.24, 2.45) is 0 Å². The van der Waals surface area contributed by atoms with Gasteiger partial charge in [-0.05, 0) is 51.3 Å². The van der Waals surface area contributed by atoms with Crippen LogP contribution in [-0.4, -0.2) is 7.11 Å². The molecule has 0 aliphatic carbocycles. The van der Waals surface area contributed by atoms with Crippen LogP contribution in [0.4, 0.5) is 4.39 Å². The lowest BCUT2D eigenvalue weighted by atomic mass is 10.2. The van der Waals surface area contributed by atoms with Gasteiger partial charge in [0.15, 0.2) is 11.5 Å². The molecule has 0 amide bonds. The first-order chi connectivity index (χ1) is 9.63. The molecule has 0 saturated heterocycles. The number of methoxy groups -OCH3 is 1. The van der Waals surface area contributed by atoms with E-state index in [1.54, 1.807) is 19.2 Å². The van der Waals surface area contributed by atoms with Crippen LogP contribution < -0.4 is 9.47 Å². The fourth-order valence-corrected chi connectivity index (χ4v) is 2.30. The summed E-state index contributed by atoms with van der Waals surface area (Å²) in [7, 11) is 1.58. The predicted octanol–water partition coefficient (Wildman–Crippen LogP) is 4.91. The Bertz CT molecular complexity index is 604. The smallest absolute Gasteiger partial charge is 0.161 e. The summed E-state index contributed by atoms with van der Waals surface area (Å²) in [5, 5.41) is 0. The lowest BCUT2D eigenvalue weighted by Crippen LogP contribution is -1.98. The van der Waals surface area contributed by atoms with Gasteiger partial charge in [0.2, 0.25) is 0 Å². The SMILES string of the molecule is COc1cc(CCl)ccc1OCc1ccc(F)c(Br)c1. The van der Waals surface area contributed by atoms with Crippen LogP contribution in [0, 0.1) is 5.82 Å². The molecule has 0 aliphatic rings. The summed E-state index contributed by atoms with van der Waals surface area (Å²) in [5.41, 5.74) is 1.82. The molecule has 106 valence electrons. The number of hydrogen-bond acceptors (Lipinski definition) is 2. The maximum Gasteiger partial charge on any atom is 0.161 e. The van der Waals surface area contributed by atoms with Gasteiger partial charge in [0.25, 0.3) is 0 Å². The number of benzene rings is 2. The number of rotatable bonds is 5. The van der Waals surface area contributed by atoms with Crippen molar-refractivity contribution < 1.29 is 13.9 Å². The van der Waals surface area contributed by atoms with Gasteiger partial charge < -0.3 is 9.47 Å². The number of alkyl halides is 1. The summed E-state index contributed by atoms with van der Waals surface area (Å²) in [5.74, 6) is 1.38. The first kappa shape index (κ1) is 15.1. The van der Waals surface area contributed by atoms with E-state index in [0.29, 0.717) is 28.5 Å². The van der Waals surface area contributed by atoms with E-state index in [4.69, 9.17) is 21.1 Å². The van der Waals surface area contributed by atoms with Crippen molar-refractivity contribution in [3.8, 4) is 11.5 Å². The lowest BCUT2D eigenvalue weighted by Gasteiger charge is -2.12. The highest BCUT2D eigenvalue weighted by Gasteiger charge is 2.07. The van der Waals surface area contributed by atoms with Crippen molar-refractivity contribution >= 4 is 27.5 Å². The summed E-state index contributed by atoms with van der Waals surface area (Å²) in [4.78, 5) is 0. The van der Waals surface area contributed by atoms with Crippen LogP contribution in [0.1, 0.15) is 11.1 Å². The maximum absolute atomic E-state index is 13.1. The molecular formula is C15H13BrClFO2. The Hall–Kier alpha value is -1.26. The largest absolute Gasteiger partial charge is 0.493 e. The highest BCUT2D eigenvalue weighted by atomic mass is 79.9. The molecule has 0 spiro atoms. The van der Waals surface area contributed by atoms with E-state index in [9.17, 15) is 4.39 Å². The lowest BCUT2D eigenvalue weighted by molar-refractivity contribution is 0.284. The van der Waals surface area contributed by atoms with Gasteiger partial charge in [0, 0.05) is 5.88 Å². The average Bonchev–Trinajstić information content (AvgIpc) is 2.48. The highest BCUT2D eigenvalue weighted by molar-refractivity contribution is 9.10. The van der Waals surface area contributed by atoms with Crippen LogP contribution in [0.2, 0.25) is 0 Å². The zero-order chi connectivity index (χ0) is 14.5. The van der Waals surface area contributed by atoms with E-state index in [1.165, 1.54) is 6.07 Å². The molecule has 5 heteroatoms. The molecule has 0 unspecified atom stereocenters. The molecule has 2 aromatic rings. The summed E-state index contributed by atoms with van der Waals surface area (Å²) in [6.07, 6.45) is 0. The first-order valence-corrected chi connectivity index (χ1v) is 7.26. The molecule has 2 rings (SSSR count). The maximum atomic E-state index is 13.1. The minimum atomic E-state index is -0.294. The summed E-state index contributed by atoms with van der Waals surface area (Å²) < 4.78 is 24.5. The van der Waals surface area contributed by atoms with Gasteiger partial charge >= 0.3 is 0 Å². The second-order valence-corrected chi connectivity index (χ2v) is 5.28. The molecule has 0 heterocycles. The van der Waals surface area contributed by atoms with Crippen LogP contribution in [0.25, 0.3) is 0 Å². The zero-order valence-electron chi connectivity index (χ0n) is 10.8. The Balaban J connectivity index is 2.12. The minimum absolute atomic E-state index is 0.294. The van der Waals surface area contributed by atoms with Gasteiger partial charge in [0.1, 0.15) is 12.4 Å². The molecule has 0 N–H and O–H groups in total. The van der Waals surface area contributed by atoms with Crippen molar-refractivity contribution in [1.82, 2.24) is 0 Å². The van der Waals surface area contributed by atoms with Crippen LogP contribution in [0.15, 0.2) is 40.9 Å². The van der Waals surface area contributed by atoms with Gasteiger partial charge in [-0.25, -0.2) is 4.39 Å². The Labute approximate surface area is 130 Å². The fraction of sp³-hybridized carbons (Fsp3) is 0.200. The Kier molecular flexibility index (Phi) is 5.26. The van der Waals surface area contributed by atoms with Gasteiger partial charge in [-0.2, -0.15) is 0 Å².